The summed E-state index contributed by atoms with van der Waals surface area (Å²) in [5.41, 5.74) is 2.81. The Morgan fingerprint density at radius 2 is 1.93 bits per heavy atom. The molecule has 27 heavy (non-hydrogen) atoms. The third kappa shape index (κ3) is 4.02. The Morgan fingerprint density at radius 1 is 1.11 bits per heavy atom. The third-order valence-corrected chi connectivity index (χ3v) is 5.45. The number of rotatable bonds is 3. The van der Waals surface area contributed by atoms with Crippen molar-refractivity contribution in [1.29, 1.82) is 0 Å². The molecule has 2 heterocycles. The van der Waals surface area contributed by atoms with Crippen molar-refractivity contribution in [2.75, 3.05) is 18.5 Å². The molecular formula is C20H17AsFN3O2. The van der Waals surface area contributed by atoms with Gasteiger partial charge in [0.2, 0.25) is 0 Å². The molecule has 136 valence electrons. The number of hydrogen-bond acceptors (Lipinski definition) is 4. The van der Waals surface area contributed by atoms with Crippen LogP contribution in [0.2, 0.25) is 0 Å². The maximum atomic E-state index is 14.2. The zero-order chi connectivity index (χ0) is 18.8. The van der Waals surface area contributed by atoms with E-state index in [9.17, 15) is 9.18 Å². The van der Waals surface area contributed by atoms with E-state index in [4.69, 9.17) is 4.74 Å². The van der Waals surface area contributed by atoms with Crippen molar-refractivity contribution in [3.8, 4) is 11.1 Å². The Hall–Kier alpha value is -2.30. The average molecular weight is 425 g/mol. The molecule has 0 spiro atoms. The molecule has 1 N–H and O–H groups in total. The minimum absolute atomic E-state index is 0.0881. The second-order valence-electron chi connectivity index (χ2n) is 6.53. The molecule has 0 unspecified atom stereocenters. The molecule has 5 nitrogen and oxygen atoms in total. The molecule has 4 rings (SSSR count). The van der Waals surface area contributed by atoms with Crippen LogP contribution in [0.5, 0.6) is 0 Å². The second kappa shape index (κ2) is 7.75. The Labute approximate surface area is 164 Å². The molecule has 0 bridgehead atoms. The first kappa shape index (κ1) is 18.1. The first-order chi connectivity index (χ1) is 13.1. The van der Waals surface area contributed by atoms with E-state index in [2.05, 4.69) is 32.1 Å². The van der Waals surface area contributed by atoms with E-state index in [1.165, 1.54) is 18.5 Å². The number of anilines is 1. The summed E-state index contributed by atoms with van der Waals surface area (Å²) in [6.07, 6.45) is 2.90. The maximum absolute atomic E-state index is 14.2. The molecule has 1 fully saturated rings. The van der Waals surface area contributed by atoms with Gasteiger partial charge in [0.25, 0.3) is 0 Å². The van der Waals surface area contributed by atoms with E-state index in [1.807, 2.05) is 18.2 Å². The molecule has 1 aromatic heterocycles. The fraction of sp³-hybridized carbons (Fsp3) is 0.250. The molecule has 7 heteroatoms. The van der Waals surface area contributed by atoms with E-state index in [0.29, 0.717) is 37.3 Å². The van der Waals surface area contributed by atoms with Crippen LogP contribution < -0.4 is 9.80 Å². The number of aromatic nitrogens is 2. The molecule has 3 aromatic rings. The van der Waals surface area contributed by atoms with Crippen molar-refractivity contribution in [2.45, 2.75) is 12.8 Å². The number of nitrogens with zero attached hydrogens (tertiary/aromatic N) is 2. The third-order valence-electron chi connectivity index (χ3n) is 4.71. The standard InChI is InChI=1S/C20H17AsFN3O2/c21-19-17-9-13(1-2-18(17)23-11-24-19)14-7-15(22)10-16(8-14)25-20(26)12-3-5-27-6-4-12/h1-2,7-12H,3-6H2,(H,25,26). The summed E-state index contributed by atoms with van der Waals surface area (Å²) in [6.45, 7) is 1.17. The molecule has 1 aliphatic heterocycles. The summed E-state index contributed by atoms with van der Waals surface area (Å²) < 4.78 is 20.3. The van der Waals surface area contributed by atoms with Crippen molar-refractivity contribution >= 4 is 43.8 Å². The van der Waals surface area contributed by atoms with Gasteiger partial charge in [-0.05, 0) is 0 Å². The van der Waals surface area contributed by atoms with Gasteiger partial charge in [-0.25, -0.2) is 0 Å². The summed E-state index contributed by atoms with van der Waals surface area (Å²) in [7, 11) is 0. The summed E-state index contributed by atoms with van der Waals surface area (Å²) in [5, 5.41) is 3.74. The fourth-order valence-electron chi connectivity index (χ4n) is 3.26. The van der Waals surface area contributed by atoms with E-state index in [0.717, 1.165) is 20.9 Å². The predicted octanol–water partition coefficient (Wildman–Crippen LogP) is 2.59. The number of nitrogens with one attached hydrogen (secondary N) is 1. The number of benzene rings is 2. The van der Waals surface area contributed by atoms with Crippen LogP contribution in [0.3, 0.4) is 0 Å². The number of carbonyl (C=O) groups is 1. The first-order valence-electron chi connectivity index (χ1n) is 8.73. The number of fused-ring (bicyclic) bond motifs is 1. The van der Waals surface area contributed by atoms with Gasteiger partial charge in [-0.1, -0.05) is 0 Å². The van der Waals surface area contributed by atoms with Crippen LogP contribution in [-0.4, -0.2) is 45.9 Å². The van der Waals surface area contributed by atoms with Gasteiger partial charge in [0, 0.05) is 0 Å². The van der Waals surface area contributed by atoms with Crippen molar-refractivity contribution in [1.82, 2.24) is 9.97 Å². The average Bonchev–Trinajstić information content (AvgIpc) is 2.68. The normalized spacial score (nSPS) is 15.0. The van der Waals surface area contributed by atoms with Crippen molar-refractivity contribution in [2.24, 2.45) is 5.92 Å². The molecule has 0 aliphatic carbocycles. The molecule has 1 saturated heterocycles. The SMILES string of the molecule is O=C(Nc1cc(F)cc(-c2ccc3ncnc([As])c3c2)c1)C1CCOCC1. The van der Waals surface area contributed by atoms with Gasteiger partial charge in [-0.3, -0.25) is 0 Å². The van der Waals surface area contributed by atoms with Crippen LogP contribution in [-0.2, 0) is 9.53 Å². The Kier molecular flexibility index (Phi) is 5.19. The van der Waals surface area contributed by atoms with Gasteiger partial charge in [-0.15, -0.1) is 0 Å². The zero-order valence-corrected chi connectivity index (χ0v) is 16.4. The van der Waals surface area contributed by atoms with Crippen molar-refractivity contribution < 1.29 is 13.9 Å². The van der Waals surface area contributed by atoms with E-state index in [1.54, 1.807) is 6.07 Å². The van der Waals surface area contributed by atoms with E-state index < -0.39 is 5.82 Å². The monoisotopic (exact) mass is 425 g/mol. The van der Waals surface area contributed by atoms with Crippen LogP contribution >= 0.6 is 0 Å². The molecular weight excluding hydrogens is 408 g/mol. The number of ether oxygens (including phenoxy) is 1. The van der Waals surface area contributed by atoms with Crippen LogP contribution in [0.25, 0.3) is 22.0 Å². The Balaban J connectivity index is 1.64. The van der Waals surface area contributed by atoms with E-state index in [-0.39, 0.29) is 11.8 Å². The topological polar surface area (TPSA) is 64.1 Å². The Bertz CT molecular complexity index is 1010. The molecule has 0 saturated carbocycles. The molecule has 2 radical (unpaired) electrons. The number of carbonyl (C=O) groups excluding carboxylic acids is 1. The number of amides is 1. The first-order valence-corrected chi connectivity index (χ1v) is 9.67. The van der Waals surface area contributed by atoms with Gasteiger partial charge in [0.15, 0.2) is 0 Å². The molecule has 1 aliphatic rings. The van der Waals surface area contributed by atoms with Gasteiger partial charge in [0.1, 0.15) is 0 Å². The second-order valence-corrected chi connectivity index (χ2v) is 7.42. The Morgan fingerprint density at radius 3 is 2.74 bits per heavy atom. The zero-order valence-electron chi connectivity index (χ0n) is 14.5. The number of halogens is 1. The van der Waals surface area contributed by atoms with Crippen LogP contribution in [0.1, 0.15) is 12.8 Å². The van der Waals surface area contributed by atoms with E-state index >= 15 is 0 Å². The minimum atomic E-state index is -0.397. The molecule has 1 amide bonds. The van der Waals surface area contributed by atoms with Gasteiger partial charge in [0.05, 0.1) is 0 Å². The molecule has 0 atom stereocenters. The molecule has 2 aromatic carbocycles. The van der Waals surface area contributed by atoms with Crippen LogP contribution in [0, 0.1) is 11.7 Å². The summed E-state index contributed by atoms with van der Waals surface area (Å²) >= 11 is 2.42. The predicted molar refractivity (Wildman–Crippen MR) is 102 cm³/mol. The summed E-state index contributed by atoms with van der Waals surface area (Å²) in [5.74, 6) is -0.578. The van der Waals surface area contributed by atoms with Crippen LogP contribution in [0.4, 0.5) is 10.1 Å². The summed E-state index contributed by atoms with van der Waals surface area (Å²) in [6, 6.07) is 10.3. The van der Waals surface area contributed by atoms with Gasteiger partial charge >= 0.3 is 160 Å². The van der Waals surface area contributed by atoms with Gasteiger partial charge in [-0.2, -0.15) is 0 Å². The van der Waals surface area contributed by atoms with Crippen molar-refractivity contribution in [3.05, 3.63) is 48.5 Å². The fourth-order valence-corrected chi connectivity index (χ4v) is 3.74. The van der Waals surface area contributed by atoms with Gasteiger partial charge < -0.3 is 4.74 Å². The van der Waals surface area contributed by atoms with Crippen LogP contribution in [0.15, 0.2) is 42.7 Å². The summed E-state index contributed by atoms with van der Waals surface area (Å²) in [4.78, 5) is 20.9. The quantitative estimate of drug-likeness (QED) is 0.656. The number of hydrogen-bond donors (Lipinski definition) is 1. The van der Waals surface area contributed by atoms with Crippen molar-refractivity contribution in [3.63, 3.8) is 0 Å².